The van der Waals surface area contributed by atoms with E-state index in [4.69, 9.17) is 27.9 Å². The minimum atomic E-state index is -0.458. The molecule has 0 bridgehead atoms. The maximum absolute atomic E-state index is 12.7. The lowest BCUT2D eigenvalue weighted by Gasteiger charge is -2.16. The lowest BCUT2D eigenvalue weighted by atomic mass is 9.96. The van der Waals surface area contributed by atoms with Crippen LogP contribution in [0.3, 0.4) is 0 Å². The average molecular weight is 549 g/mol. The summed E-state index contributed by atoms with van der Waals surface area (Å²) in [5, 5.41) is 23.2. The number of ether oxygens (including phenoxy) is 1. The first-order chi connectivity index (χ1) is 16.9. The molecule has 1 amide bonds. The van der Waals surface area contributed by atoms with Gasteiger partial charge in [0.15, 0.2) is 17.1 Å². The van der Waals surface area contributed by atoms with Gasteiger partial charge in [0.25, 0.3) is 0 Å². The molecule has 3 aromatic rings. The van der Waals surface area contributed by atoms with E-state index in [0.29, 0.717) is 43.9 Å². The molecule has 1 aromatic carbocycles. The van der Waals surface area contributed by atoms with Gasteiger partial charge in [0.2, 0.25) is 5.91 Å². The number of thioether (sulfide) groups is 1. The number of nitrogens with one attached hydrogen (secondary N) is 1. The number of nitriles is 1. The van der Waals surface area contributed by atoms with Gasteiger partial charge in [-0.3, -0.25) is 9.36 Å². The molecule has 0 saturated heterocycles. The number of aromatic nitrogens is 3. The molecule has 0 radical (unpaired) electrons. The van der Waals surface area contributed by atoms with Crippen LogP contribution in [0.5, 0.6) is 5.75 Å². The number of carbonyl (C=O) groups is 1. The number of allylic oxidation sites excluding steroid dienone is 1. The van der Waals surface area contributed by atoms with Gasteiger partial charge in [-0.1, -0.05) is 41.0 Å². The van der Waals surface area contributed by atoms with Crippen LogP contribution in [0.2, 0.25) is 10.0 Å². The van der Waals surface area contributed by atoms with Crippen molar-refractivity contribution in [1.82, 2.24) is 14.8 Å². The first-order valence-electron chi connectivity index (χ1n) is 11.0. The van der Waals surface area contributed by atoms with Gasteiger partial charge in [-0.25, -0.2) is 0 Å². The van der Waals surface area contributed by atoms with Gasteiger partial charge in [-0.2, -0.15) is 5.26 Å². The van der Waals surface area contributed by atoms with Gasteiger partial charge >= 0.3 is 0 Å². The Morgan fingerprint density at radius 1 is 1.40 bits per heavy atom. The highest BCUT2D eigenvalue weighted by molar-refractivity contribution is 7.99. The van der Waals surface area contributed by atoms with Crippen molar-refractivity contribution in [2.75, 3.05) is 11.1 Å². The number of benzene rings is 1. The molecular weight excluding hydrogens is 525 g/mol. The van der Waals surface area contributed by atoms with Crippen LogP contribution in [0, 0.1) is 11.3 Å². The maximum Gasteiger partial charge on any atom is 0.235 e. The first kappa shape index (κ1) is 25.6. The Morgan fingerprint density at radius 3 is 2.94 bits per heavy atom. The summed E-state index contributed by atoms with van der Waals surface area (Å²) in [6.45, 7) is 6.11. The van der Waals surface area contributed by atoms with Crippen molar-refractivity contribution >= 4 is 57.2 Å². The third kappa shape index (κ3) is 5.84. The van der Waals surface area contributed by atoms with Crippen LogP contribution < -0.4 is 10.1 Å². The molecule has 4 rings (SSSR count). The zero-order valence-corrected chi connectivity index (χ0v) is 22.2. The summed E-state index contributed by atoms with van der Waals surface area (Å²) < 4.78 is 7.84. The highest BCUT2D eigenvalue weighted by Gasteiger charge is 2.23. The predicted octanol–water partition coefficient (Wildman–Crippen LogP) is 6.45. The maximum atomic E-state index is 12.7. The zero-order valence-electron chi connectivity index (χ0n) is 19.0. The van der Waals surface area contributed by atoms with Crippen molar-refractivity contribution in [3.8, 4) is 11.8 Å². The number of thiophene rings is 1. The fourth-order valence-corrected chi connectivity index (χ4v) is 6.35. The third-order valence-corrected chi connectivity index (χ3v) is 8.19. The second-order valence-electron chi connectivity index (χ2n) is 7.94. The number of hydrogen-bond donors (Lipinski definition) is 1. The van der Waals surface area contributed by atoms with Crippen LogP contribution in [-0.2, 0) is 24.2 Å². The molecule has 0 spiro atoms. The van der Waals surface area contributed by atoms with Gasteiger partial charge in [-0.15, -0.1) is 28.1 Å². The standard InChI is InChI=1S/C24H23Cl2N5O2S2/c1-3-10-31-22(14(2)33-19-9-8-15(25)11-18(19)26)29-30-24(31)34-13-21(32)28-23-17(12-27)16-6-4-5-7-20(16)35-23/h3,8-9,11,14H,1,4-7,10,13H2,2H3,(H,28,32). The summed E-state index contributed by atoms with van der Waals surface area (Å²) in [7, 11) is 0. The van der Waals surface area contributed by atoms with Gasteiger partial charge in [0, 0.05) is 16.4 Å². The fourth-order valence-electron chi connectivity index (χ4n) is 3.89. The van der Waals surface area contributed by atoms with E-state index in [9.17, 15) is 10.1 Å². The number of rotatable bonds is 9. The van der Waals surface area contributed by atoms with Crippen molar-refractivity contribution in [2.24, 2.45) is 0 Å². The van der Waals surface area contributed by atoms with E-state index in [2.05, 4.69) is 28.2 Å². The highest BCUT2D eigenvalue weighted by atomic mass is 35.5. The summed E-state index contributed by atoms with van der Waals surface area (Å²) in [5.41, 5.74) is 1.70. The number of fused-ring (bicyclic) bond motifs is 1. The zero-order chi connectivity index (χ0) is 24.9. The summed E-state index contributed by atoms with van der Waals surface area (Å²) in [5.74, 6) is 0.992. The molecule has 0 saturated carbocycles. The summed E-state index contributed by atoms with van der Waals surface area (Å²) in [6.07, 6.45) is 5.33. The van der Waals surface area contributed by atoms with Crippen molar-refractivity contribution in [3.05, 3.63) is 62.7 Å². The summed E-state index contributed by atoms with van der Waals surface area (Å²) in [4.78, 5) is 13.9. The molecule has 35 heavy (non-hydrogen) atoms. The molecule has 0 fully saturated rings. The molecule has 7 nitrogen and oxygen atoms in total. The van der Waals surface area contributed by atoms with Gasteiger partial charge in [-0.05, 0) is 56.4 Å². The lowest BCUT2D eigenvalue weighted by molar-refractivity contribution is -0.113. The van der Waals surface area contributed by atoms with Crippen LogP contribution in [0.15, 0.2) is 36.0 Å². The molecule has 1 atom stereocenters. The number of amides is 1. The number of anilines is 1. The Morgan fingerprint density at radius 2 is 2.20 bits per heavy atom. The minimum Gasteiger partial charge on any atom is -0.481 e. The van der Waals surface area contributed by atoms with Crippen molar-refractivity contribution in [1.29, 1.82) is 5.26 Å². The number of halogens is 2. The first-order valence-corrected chi connectivity index (χ1v) is 13.6. The van der Waals surface area contributed by atoms with Crippen LogP contribution in [0.1, 0.15) is 47.7 Å². The van der Waals surface area contributed by atoms with Crippen molar-refractivity contribution in [3.63, 3.8) is 0 Å². The normalized spacial score (nSPS) is 13.5. The van der Waals surface area contributed by atoms with Gasteiger partial charge < -0.3 is 10.1 Å². The van der Waals surface area contributed by atoms with E-state index in [1.165, 1.54) is 28.0 Å². The molecule has 182 valence electrons. The fraction of sp³-hybridized carbons (Fsp3) is 0.333. The number of hydrogen-bond acceptors (Lipinski definition) is 7. The Bertz CT molecular complexity index is 1300. The van der Waals surface area contributed by atoms with Crippen LogP contribution in [0.4, 0.5) is 5.00 Å². The molecule has 11 heteroatoms. The Balaban J connectivity index is 1.44. The van der Waals surface area contributed by atoms with Gasteiger partial charge in [0.05, 0.1) is 16.3 Å². The Hall–Kier alpha value is -2.51. The number of nitrogens with zero attached hydrogens (tertiary/aromatic N) is 4. The third-order valence-electron chi connectivity index (χ3n) is 5.49. The lowest BCUT2D eigenvalue weighted by Crippen LogP contribution is -2.15. The molecule has 2 aromatic heterocycles. The summed E-state index contributed by atoms with van der Waals surface area (Å²) >= 11 is 15.0. The smallest absolute Gasteiger partial charge is 0.235 e. The van der Waals surface area contributed by atoms with Gasteiger partial charge in [0.1, 0.15) is 16.8 Å². The Kier molecular flexibility index (Phi) is 8.39. The van der Waals surface area contributed by atoms with Crippen LogP contribution in [-0.4, -0.2) is 26.4 Å². The summed E-state index contributed by atoms with van der Waals surface area (Å²) in [6, 6.07) is 7.29. The van der Waals surface area contributed by atoms with Crippen molar-refractivity contribution < 1.29 is 9.53 Å². The van der Waals surface area contributed by atoms with Crippen molar-refractivity contribution in [2.45, 2.75) is 50.4 Å². The van der Waals surface area contributed by atoms with E-state index in [1.807, 2.05) is 11.5 Å². The molecular formula is C24H23Cl2N5O2S2. The molecule has 1 aliphatic rings. The monoisotopic (exact) mass is 547 g/mol. The second kappa shape index (κ2) is 11.5. The molecule has 1 unspecified atom stereocenters. The quantitative estimate of drug-likeness (QED) is 0.244. The molecule has 0 aliphatic heterocycles. The largest absolute Gasteiger partial charge is 0.481 e. The van der Waals surface area contributed by atoms with Crippen LogP contribution in [0.25, 0.3) is 0 Å². The Labute approximate surface area is 222 Å². The molecule has 1 N–H and O–H groups in total. The molecule has 2 heterocycles. The topological polar surface area (TPSA) is 92.8 Å². The second-order valence-corrected chi connectivity index (χ2v) is 10.8. The SMILES string of the molecule is C=CCn1c(SCC(=O)Nc2sc3c(c2C#N)CCCC3)nnc1C(C)Oc1ccc(Cl)cc1Cl. The van der Waals surface area contributed by atoms with E-state index in [0.717, 1.165) is 31.2 Å². The van der Waals surface area contributed by atoms with E-state index in [1.54, 1.807) is 24.3 Å². The van der Waals surface area contributed by atoms with E-state index < -0.39 is 6.10 Å². The number of carbonyl (C=O) groups excluding carboxylic acids is 1. The van der Waals surface area contributed by atoms with Crippen LogP contribution >= 0.6 is 46.3 Å². The number of aryl methyl sites for hydroxylation is 1. The average Bonchev–Trinajstić information content (AvgIpc) is 3.40. The molecule has 1 aliphatic carbocycles. The highest BCUT2D eigenvalue weighted by Crippen LogP contribution is 2.38. The predicted molar refractivity (Wildman–Crippen MR) is 141 cm³/mol. The van der Waals surface area contributed by atoms with E-state index >= 15 is 0 Å². The minimum absolute atomic E-state index is 0.126. The van der Waals surface area contributed by atoms with E-state index in [-0.39, 0.29) is 11.7 Å².